The lowest BCUT2D eigenvalue weighted by Crippen LogP contribution is -2.50. The molecule has 0 aliphatic rings. The van der Waals surface area contributed by atoms with Gasteiger partial charge in [-0.3, -0.25) is 9.59 Å². The number of rotatable bonds is 9. The van der Waals surface area contributed by atoms with Crippen LogP contribution in [-0.2, 0) is 16.1 Å². The van der Waals surface area contributed by atoms with Gasteiger partial charge in [0.2, 0.25) is 5.91 Å². The average molecular weight is 492 g/mol. The average Bonchev–Trinajstić information content (AvgIpc) is 2.70. The minimum Gasteiger partial charge on any atom is -0.482 e. The molecule has 0 heterocycles. The molecule has 162 valence electrons. The third-order valence-electron chi connectivity index (χ3n) is 4.32. The molecule has 0 aromatic heterocycles. The molecular weight excluding hydrogens is 470 g/mol. The molecule has 1 atom stereocenters. The van der Waals surface area contributed by atoms with Crippen molar-refractivity contribution in [2.24, 2.45) is 0 Å². The van der Waals surface area contributed by atoms with Crippen LogP contribution in [0.4, 0.5) is 0 Å². The van der Waals surface area contributed by atoms with E-state index in [1.54, 1.807) is 30.3 Å². The molecule has 0 bridgehead atoms. The first kappa shape index (κ1) is 24.6. The quantitative estimate of drug-likeness (QED) is 0.495. The highest BCUT2D eigenvalue weighted by molar-refractivity contribution is 6.42. The summed E-state index contributed by atoms with van der Waals surface area (Å²) < 4.78 is 5.59. The lowest BCUT2D eigenvalue weighted by molar-refractivity contribution is -0.142. The van der Waals surface area contributed by atoms with Gasteiger partial charge in [0.05, 0.1) is 15.1 Å². The van der Waals surface area contributed by atoms with E-state index in [4.69, 9.17) is 51.1 Å². The van der Waals surface area contributed by atoms with Crippen molar-refractivity contribution in [2.75, 3.05) is 13.2 Å². The summed E-state index contributed by atoms with van der Waals surface area (Å²) in [5.74, 6) is -0.280. The van der Waals surface area contributed by atoms with E-state index >= 15 is 0 Å². The van der Waals surface area contributed by atoms with Gasteiger partial charge in [0.1, 0.15) is 11.8 Å². The van der Waals surface area contributed by atoms with Crippen LogP contribution in [0.2, 0.25) is 20.1 Å². The SMILES string of the molecule is CCNC(=O)[C@H](CC)N(Cc1ccc(Cl)c(Cl)c1)C(=O)COc1ccc(Cl)cc1Cl. The van der Waals surface area contributed by atoms with E-state index in [0.717, 1.165) is 5.56 Å². The van der Waals surface area contributed by atoms with Gasteiger partial charge in [-0.2, -0.15) is 0 Å². The Morgan fingerprint density at radius 3 is 2.33 bits per heavy atom. The molecule has 0 unspecified atom stereocenters. The number of halogens is 4. The van der Waals surface area contributed by atoms with Crippen molar-refractivity contribution >= 4 is 58.2 Å². The zero-order valence-corrected chi connectivity index (χ0v) is 19.6. The number of hydrogen-bond donors (Lipinski definition) is 1. The number of nitrogens with one attached hydrogen (secondary N) is 1. The largest absolute Gasteiger partial charge is 0.482 e. The number of amides is 2. The highest BCUT2D eigenvalue weighted by Crippen LogP contribution is 2.28. The molecule has 0 aliphatic carbocycles. The molecule has 2 aromatic carbocycles. The second kappa shape index (κ2) is 11.7. The molecule has 0 saturated carbocycles. The van der Waals surface area contributed by atoms with Crippen molar-refractivity contribution in [3.63, 3.8) is 0 Å². The molecule has 5 nitrogen and oxygen atoms in total. The minimum absolute atomic E-state index is 0.170. The minimum atomic E-state index is -0.670. The summed E-state index contributed by atoms with van der Waals surface area (Å²) >= 11 is 24.1. The zero-order valence-electron chi connectivity index (χ0n) is 16.6. The highest BCUT2D eigenvalue weighted by atomic mass is 35.5. The molecule has 0 fully saturated rings. The van der Waals surface area contributed by atoms with Crippen LogP contribution in [0.3, 0.4) is 0 Å². The Morgan fingerprint density at radius 1 is 1.00 bits per heavy atom. The van der Waals surface area contributed by atoms with Crippen LogP contribution in [-0.4, -0.2) is 35.9 Å². The fourth-order valence-corrected chi connectivity index (χ4v) is 3.64. The second-order valence-corrected chi connectivity index (χ2v) is 8.11. The Bertz CT molecular complexity index is 908. The van der Waals surface area contributed by atoms with E-state index in [9.17, 15) is 9.59 Å². The lowest BCUT2D eigenvalue weighted by atomic mass is 10.1. The van der Waals surface area contributed by atoms with Crippen LogP contribution < -0.4 is 10.1 Å². The van der Waals surface area contributed by atoms with Gasteiger partial charge in [0.25, 0.3) is 5.91 Å². The Kier molecular flexibility index (Phi) is 9.56. The zero-order chi connectivity index (χ0) is 22.3. The summed E-state index contributed by atoms with van der Waals surface area (Å²) in [5, 5.41) is 4.31. The van der Waals surface area contributed by atoms with Gasteiger partial charge >= 0.3 is 0 Å². The van der Waals surface area contributed by atoms with Crippen LogP contribution in [0.1, 0.15) is 25.8 Å². The van der Waals surface area contributed by atoms with Gasteiger partial charge in [-0.15, -0.1) is 0 Å². The number of likely N-dealkylation sites (N-methyl/N-ethyl adjacent to an activating group) is 1. The fourth-order valence-electron chi connectivity index (χ4n) is 2.86. The van der Waals surface area contributed by atoms with Crippen molar-refractivity contribution in [3.05, 3.63) is 62.1 Å². The Morgan fingerprint density at radius 2 is 1.73 bits per heavy atom. The molecule has 0 saturated heterocycles. The molecular formula is C21H22Cl4N2O3. The summed E-state index contributed by atoms with van der Waals surface area (Å²) in [6, 6.07) is 9.14. The smallest absolute Gasteiger partial charge is 0.261 e. The number of ether oxygens (including phenoxy) is 1. The van der Waals surface area contributed by atoms with Crippen LogP contribution in [0, 0.1) is 0 Å². The maximum absolute atomic E-state index is 13.1. The summed E-state index contributed by atoms with van der Waals surface area (Å²) in [6.07, 6.45) is 0.431. The van der Waals surface area contributed by atoms with E-state index in [1.165, 1.54) is 11.0 Å². The lowest BCUT2D eigenvalue weighted by Gasteiger charge is -2.30. The maximum atomic E-state index is 13.1. The fraction of sp³-hybridized carbons (Fsp3) is 0.333. The Balaban J connectivity index is 2.24. The van der Waals surface area contributed by atoms with E-state index in [-0.39, 0.29) is 25.0 Å². The van der Waals surface area contributed by atoms with Gasteiger partial charge < -0.3 is 15.0 Å². The van der Waals surface area contributed by atoms with Gasteiger partial charge in [-0.05, 0) is 49.2 Å². The number of carbonyl (C=O) groups is 2. The summed E-state index contributed by atoms with van der Waals surface area (Å²) in [4.78, 5) is 27.1. The van der Waals surface area contributed by atoms with Gasteiger partial charge in [0.15, 0.2) is 6.61 Å². The molecule has 1 N–H and O–H groups in total. The van der Waals surface area contributed by atoms with E-state index in [2.05, 4.69) is 5.32 Å². The van der Waals surface area contributed by atoms with Gasteiger partial charge in [0, 0.05) is 18.1 Å². The summed E-state index contributed by atoms with van der Waals surface area (Å²) in [7, 11) is 0. The first-order valence-corrected chi connectivity index (χ1v) is 10.9. The third-order valence-corrected chi connectivity index (χ3v) is 5.59. The number of nitrogens with zero attached hydrogens (tertiary/aromatic N) is 1. The molecule has 0 aliphatic heterocycles. The topological polar surface area (TPSA) is 58.6 Å². The van der Waals surface area contributed by atoms with Crippen molar-refractivity contribution in [2.45, 2.75) is 32.9 Å². The first-order valence-electron chi connectivity index (χ1n) is 9.35. The Hall–Kier alpha value is -1.66. The molecule has 2 amide bonds. The normalized spacial score (nSPS) is 11.7. The van der Waals surface area contributed by atoms with E-state index in [0.29, 0.717) is 38.8 Å². The van der Waals surface area contributed by atoms with Gasteiger partial charge in [-0.1, -0.05) is 59.4 Å². The predicted octanol–water partition coefficient (Wildman–Crippen LogP) is 5.62. The highest BCUT2D eigenvalue weighted by Gasteiger charge is 2.29. The third kappa shape index (κ3) is 6.67. The molecule has 9 heteroatoms. The van der Waals surface area contributed by atoms with Crippen molar-refractivity contribution in [1.29, 1.82) is 0 Å². The van der Waals surface area contributed by atoms with Crippen LogP contribution >= 0.6 is 46.4 Å². The summed E-state index contributed by atoms with van der Waals surface area (Å²) in [5.41, 5.74) is 0.741. The van der Waals surface area contributed by atoms with Crippen molar-refractivity contribution in [1.82, 2.24) is 10.2 Å². The molecule has 30 heavy (non-hydrogen) atoms. The molecule has 2 aromatic rings. The molecule has 0 radical (unpaired) electrons. The van der Waals surface area contributed by atoms with E-state index < -0.39 is 6.04 Å². The molecule has 2 rings (SSSR count). The number of carbonyl (C=O) groups excluding carboxylic acids is 2. The first-order chi connectivity index (χ1) is 14.3. The summed E-state index contributed by atoms with van der Waals surface area (Å²) in [6.45, 7) is 4.00. The number of hydrogen-bond acceptors (Lipinski definition) is 3. The number of benzene rings is 2. The van der Waals surface area contributed by atoms with Crippen molar-refractivity contribution in [3.8, 4) is 5.75 Å². The monoisotopic (exact) mass is 490 g/mol. The molecule has 0 spiro atoms. The van der Waals surface area contributed by atoms with Crippen molar-refractivity contribution < 1.29 is 14.3 Å². The second-order valence-electron chi connectivity index (χ2n) is 6.45. The van der Waals surface area contributed by atoms with E-state index in [1.807, 2.05) is 13.8 Å². The standard InChI is InChI=1S/C21H22Cl4N2O3/c1-3-18(21(29)26-4-2)27(11-13-5-7-15(23)16(24)9-13)20(28)12-30-19-8-6-14(22)10-17(19)25/h5-10,18H,3-4,11-12H2,1-2H3,(H,26,29)/t18-/m0/s1. The van der Waals surface area contributed by atoms with Crippen LogP contribution in [0.25, 0.3) is 0 Å². The van der Waals surface area contributed by atoms with Crippen LogP contribution in [0.5, 0.6) is 5.75 Å². The van der Waals surface area contributed by atoms with Gasteiger partial charge in [-0.25, -0.2) is 0 Å². The van der Waals surface area contributed by atoms with Crippen LogP contribution in [0.15, 0.2) is 36.4 Å². The predicted molar refractivity (Wildman–Crippen MR) is 122 cm³/mol. The maximum Gasteiger partial charge on any atom is 0.261 e. The Labute approximate surface area is 196 Å².